The number of fused-ring (bicyclic) bond motifs is 10. The van der Waals surface area contributed by atoms with Crippen LogP contribution in [0.25, 0.3) is 44.8 Å². The Morgan fingerprint density at radius 2 is 1.59 bits per heavy atom. The highest BCUT2D eigenvalue weighted by Gasteiger charge is 2.49. The zero-order chi connectivity index (χ0) is 73.1. The fourth-order valence-electron chi connectivity index (χ4n) is 13.8. The van der Waals surface area contributed by atoms with E-state index >= 15 is 4.39 Å². The minimum Gasteiger partial charge on any atom is -0.479 e. The minimum absolute atomic E-state index is 0.00305. The minimum atomic E-state index is -2.05. The van der Waals surface area contributed by atoms with Gasteiger partial charge in [-0.05, 0) is 78.3 Å². The van der Waals surface area contributed by atoms with Gasteiger partial charge in [-0.3, -0.25) is 28.8 Å². The first-order valence-corrected chi connectivity index (χ1v) is 33.6. The van der Waals surface area contributed by atoms with Gasteiger partial charge in [-0.2, -0.15) is 0 Å². The summed E-state index contributed by atoms with van der Waals surface area (Å²) in [6.07, 6.45) is -13.1. The van der Waals surface area contributed by atoms with E-state index in [1.807, 2.05) is 36.4 Å². The summed E-state index contributed by atoms with van der Waals surface area (Å²) in [6, 6.07) is 19.7. The van der Waals surface area contributed by atoms with Crippen LogP contribution in [-0.4, -0.2) is 180 Å². The second-order valence-corrected chi connectivity index (χ2v) is 25.7. The summed E-state index contributed by atoms with van der Waals surface area (Å²) in [7, 11) is 3.25. The molecule has 7 heterocycles. The molecule has 9 unspecified atom stereocenters. The zero-order valence-corrected chi connectivity index (χ0v) is 56.6. The predicted molar refractivity (Wildman–Crippen MR) is 360 cm³/mol. The summed E-state index contributed by atoms with van der Waals surface area (Å²) in [5.74, 6) is -5.40. The Morgan fingerprint density at radius 1 is 0.825 bits per heavy atom. The van der Waals surface area contributed by atoms with Gasteiger partial charge < -0.3 is 95.1 Å². The average Bonchev–Trinajstić information content (AvgIpc) is 1.62. The maximum absolute atomic E-state index is 15.7. The van der Waals surface area contributed by atoms with Crippen LogP contribution < -0.4 is 41.8 Å². The number of anilines is 1. The van der Waals surface area contributed by atoms with Crippen molar-refractivity contribution in [3.8, 4) is 39.7 Å². The second-order valence-electron chi connectivity index (χ2n) is 25.7. The number of aromatic nitrogens is 5. The molecule has 32 heteroatoms. The maximum Gasteiger partial charge on any atom is 0.407 e. The van der Waals surface area contributed by atoms with E-state index in [2.05, 4.69) is 36.9 Å². The van der Waals surface area contributed by atoms with Crippen molar-refractivity contribution >= 4 is 58.2 Å². The lowest BCUT2D eigenvalue weighted by molar-refractivity contribution is -0.271. The van der Waals surface area contributed by atoms with E-state index in [1.165, 1.54) is 35.9 Å². The van der Waals surface area contributed by atoms with Crippen molar-refractivity contribution in [3.63, 3.8) is 0 Å². The van der Waals surface area contributed by atoms with Gasteiger partial charge in [0.05, 0.1) is 73.8 Å². The molecule has 1 aliphatic carbocycles. The van der Waals surface area contributed by atoms with Crippen molar-refractivity contribution < 1.29 is 97.0 Å². The van der Waals surface area contributed by atoms with Crippen LogP contribution in [0.2, 0.25) is 0 Å². The number of methoxy groups -OCH3 is 1. The molecule has 11 N–H and O–H groups in total. The molecular formula is C71H78FN11O20. The lowest BCUT2D eigenvalue weighted by atomic mass is 9.81. The summed E-state index contributed by atoms with van der Waals surface area (Å²) in [6.45, 7) is 2.18. The number of carboxylic acid groups (broad SMARTS) is 1. The van der Waals surface area contributed by atoms with Gasteiger partial charge in [0.15, 0.2) is 12.4 Å². The van der Waals surface area contributed by atoms with E-state index < -0.39 is 121 Å². The molecule has 5 aliphatic rings. The zero-order valence-electron chi connectivity index (χ0n) is 56.6. The van der Waals surface area contributed by atoms with E-state index in [0.29, 0.717) is 80.3 Å². The Bertz CT molecular complexity index is 4550. The van der Waals surface area contributed by atoms with Crippen LogP contribution in [0.4, 0.5) is 14.9 Å². The number of alkyl carbamates (subject to hydrolysis) is 1. The van der Waals surface area contributed by atoms with Crippen LogP contribution in [0.15, 0.2) is 83.7 Å². The van der Waals surface area contributed by atoms with Gasteiger partial charge >= 0.3 is 12.1 Å². The number of pyridine rings is 2. The first kappa shape index (κ1) is 72.6. The van der Waals surface area contributed by atoms with Gasteiger partial charge in [-0.1, -0.05) is 60.7 Å². The molecule has 31 nitrogen and oxygen atoms in total. The standard InChI is InChI=1S/C71H78FN11O20/c1-5-71(97)44-27-50-58-42(32-83(50)66(92)43(44)34-100-69(71)95)57-46(16-15-39-35(2)45(72)28-47(77-58)56(39)57)78-70(96)101-33-36-14-17-51(102-68-63(90)61(88)62(89)64(103-68)67(93)94)38(26-36)29-74-52(84)20-22-73-65(91)48(30-75-53(85)21-23-99-25-24-98-4)76-54(86)18-19-55(87)82-31-37-10-6-7-11-40(37)59-60(81(3)80-79-59)41-12-8-9-13-49(41)82/h6-14,17,26-28,46,48,61-64,68-69,88-90,95,97H,5,15-16,18-25,29-34H2,1-4H3,(H,73,91)(H,74,84)(H,75,85)(H,76,86)(H,78,96)(H,93,94). The number of aliphatic hydroxyl groups excluding tert-OH is 4. The van der Waals surface area contributed by atoms with Gasteiger partial charge in [-0.15, -0.1) is 5.10 Å². The number of benzene rings is 4. The van der Waals surface area contributed by atoms with Crippen molar-refractivity contribution in [2.24, 2.45) is 7.05 Å². The largest absolute Gasteiger partial charge is 0.479 e. The third-order valence-electron chi connectivity index (χ3n) is 19.3. The number of aryl methyl sites for hydroxylation is 2. The summed E-state index contributed by atoms with van der Waals surface area (Å²) in [5.41, 5.74) is 5.59. The van der Waals surface area contributed by atoms with Crippen molar-refractivity contribution in [1.29, 1.82) is 0 Å². The molecule has 0 radical (unpaired) electrons. The van der Waals surface area contributed by atoms with Crippen molar-refractivity contribution in [2.45, 2.75) is 146 Å². The number of hydrogen-bond donors (Lipinski definition) is 11. The number of ether oxygens (including phenoxy) is 6. The summed E-state index contributed by atoms with van der Waals surface area (Å²) >= 11 is 0. The SMILES string of the molecule is CCC1(O)c2cc3n(c(=O)c2COC1O)Cc1c-3nc2cc(F)c(C)c3c2c1C(NC(=O)OCc1ccc(OC2OC(C(=O)O)C(O)C(O)C2O)c(CNC(=O)CCNC(=O)C(CNC(=O)CCOCCOC)NC(=O)CCC(=O)N2Cc4ccccc4-c4nnn(C)c4-c4ccccc42)c1)CC3. The molecule has 9 atom stereocenters. The van der Waals surface area contributed by atoms with Gasteiger partial charge in [-0.25, -0.2) is 23.6 Å². The number of amides is 6. The number of aliphatic carboxylic acids is 1. The first-order chi connectivity index (χ1) is 49.5. The van der Waals surface area contributed by atoms with E-state index in [0.717, 1.165) is 11.1 Å². The van der Waals surface area contributed by atoms with Crippen molar-refractivity contribution in [1.82, 2.24) is 51.1 Å². The summed E-state index contributed by atoms with van der Waals surface area (Å²) in [5, 5.41) is 86.9. The molecule has 4 aliphatic heterocycles. The molecule has 12 rings (SSSR count). The fourth-order valence-corrected chi connectivity index (χ4v) is 13.8. The molecular weight excluding hydrogens is 1350 g/mol. The van der Waals surface area contributed by atoms with E-state index in [-0.39, 0.29) is 112 Å². The molecule has 0 bridgehead atoms. The Balaban J connectivity index is 0.722. The fraction of sp³-hybridized carbons (Fsp3) is 0.423. The van der Waals surface area contributed by atoms with E-state index in [4.69, 9.17) is 33.4 Å². The molecule has 1 saturated heterocycles. The molecule has 3 aromatic heterocycles. The monoisotopic (exact) mass is 1420 g/mol. The Hall–Kier alpha value is -10.2. The number of rotatable bonds is 25. The molecule has 7 aromatic rings. The van der Waals surface area contributed by atoms with Crippen molar-refractivity contribution in [3.05, 3.63) is 145 Å². The van der Waals surface area contributed by atoms with Crippen LogP contribution in [0, 0.1) is 12.7 Å². The van der Waals surface area contributed by atoms with Crippen LogP contribution in [0.3, 0.4) is 0 Å². The number of para-hydroxylation sites is 1. The van der Waals surface area contributed by atoms with Gasteiger partial charge in [0.1, 0.15) is 53.8 Å². The first-order valence-electron chi connectivity index (χ1n) is 33.6. The van der Waals surface area contributed by atoms with Crippen LogP contribution in [0.5, 0.6) is 5.75 Å². The topological polar surface area (TPSA) is 425 Å². The van der Waals surface area contributed by atoms with Crippen LogP contribution in [0.1, 0.15) is 102 Å². The molecule has 1 fully saturated rings. The highest BCUT2D eigenvalue weighted by molar-refractivity contribution is 6.02. The predicted octanol–water partition coefficient (Wildman–Crippen LogP) is 2.07. The number of aliphatic hydroxyl groups is 5. The molecule has 0 spiro atoms. The molecule has 6 amide bonds. The highest BCUT2D eigenvalue weighted by atomic mass is 19.1. The Morgan fingerprint density at radius 3 is 2.37 bits per heavy atom. The molecule has 544 valence electrons. The van der Waals surface area contributed by atoms with E-state index in [9.17, 15) is 69.0 Å². The van der Waals surface area contributed by atoms with Gasteiger partial charge in [0.2, 0.25) is 35.8 Å². The third kappa shape index (κ3) is 14.8. The average molecular weight is 1420 g/mol. The number of nitrogens with zero attached hydrogens (tertiary/aromatic N) is 6. The Kier molecular flexibility index (Phi) is 21.7. The third-order valence-corrected chi connectivity index (χ3v) is 19.3. The summed E-state index contributed by atoms with van der Waals surface area (Å²) in [4.78, 5) is 116. The number of nitrogens with one attached hydrogen (secondary N) is 5. The van der Waals surface area contributed by atoms with Gasteiger partial charge in [0, 0.05) is 104 Å². The molecule has 103 heavy (non-hydrogen) atoms. The summed E-state index contributed by atoms with van der Waals surface area (Å²) < 4.78 is 51.8. The number of carboxylic acids is 1. The van der Waals surface area contributed by atoms with Crippen LogP contribution >= 0.6 is 0 Å². The number of carbonyl (C=O) groups excluding carboxylic acids is 6. The lowest BCUT2D eigenvalue weighted by Crippen LogP contribution is -2.61. The highest BCUT2D eigenvalue weighted by Crippen LogP contribution is 2.47. The second kappa shape index (κ2) is 30.8. The Labute approximate surface area is 587 Å². The molecule has 0 saturated carbocycles. The van der Waals surface area contributed by atoms with Crippen molar-refractivity contribution in [2.75, 3.05) is 44.9 Å². The number of carbonyl (C=O) groups is 7. The maximum atomic E-state index is 15.7. The van der Waals surface area contributed by atoms with E-state index in [1.54, 1.807) is 48.7 Å². The van der Waals surface area contributed by atoms with Gasteiger partial charge in [0.25, 0.3) is 5.56 Å². The lowest BCUT2D eigenvalue weighted by Gasteiger charge is -2.38. The normalized spacial score (nSPS) is 20.8. The number of hydrogen-bond acceptors (Lipinski definition) is 22. The number of halogens is 1. The quantitative estimate of drug-likeness (QED) is 0.0365. The molecule has 4 aromatic carbocycles. The van der Waals surface area contributed by atoms with Crippen LogP contribution in [-0.2, 0) is 104 Å². The smallest absolute Gasteiger partial charge is 0.407 e.